The number of nitrogens with zero attached hydrogens (tertiary/aromatic N) is 1. The summed E-state index contributed by atoms with van der Waals surface area (Å²) < 4.78 is 5.19. The van der Waals surface area contributed by atoms with Gasteiger partial charge in [-0.2, -0.15) is 0 Å². The second-order valence-electron chi connectivity index (χ2n) is 4.13. The smallest absolute Gasteiger partial charge is 0.276 e. The molecule has 0 fully saturated rings. The first-order chi connectivity index (χ1) is 9.06. The highest BCUT2D eigenvalue weighted by Crippen LogP contribution is 2.29. The molecule has 6 nitrogen and oxygen atoms in total. The highest BCUT2D eigenvalue weighted by Gasteiger charge is 2.12. The molecule has 0 aliphatic carbocycles. The first kappa shape index (κ1) is 13.3. The summed E-state index contributed by atoms with van der Waals surface area (Å²) in [6.45, 7) is 1.63. The molecule has 1 amide bonds. The fourth-order valence-electron chi connectivity index (χ4n) is 1.87. The molecule has 0 spiro atoms. The van der Waals surface area contributed by atoms with Gasteiger partial charge in [0.1, 0.15) is 5.75 Å². The number of carbonyl (C=O) groups excluding carboxylic acids is 1. The van der Waals surface area contributed by atoms with Crippen molar-refractivity contribution in [2.24, 2.45) is 0 Å². The highest BCUT2D eigenvalue weighted by molar-refractivity contribution is 5.96. The van der Waals surface area contributed by atoms with E-state index in [-0.39, 0.29) is 5.56 Å². The number of hydrogen-bond donors (Lipinski definition) is 3. The zero-order chi connectivity index (χ0) is 14.0. The Labute approximate surface area is 109 Å². The maximum absolute atomic E-state index is 11.3. The molecule has 0 radical (unpaired) electrons. The second-order valence-corrected chi connectivity index (χ2v) is 4.13. The van der Waals surface area contributed by atoms with E-state index in [1.54, 1.807) is 30.6 Å². The summed E-state index contributed by atoms with van der Waals surface area (Å²) in [4.78, 5) is 15.4. The molecule has 19 heavy (non-hydrogen) atoms. The number of rotatable bonds is 3. The van der Waals surface area contributed by atoms with E-state index in [4.69, 9.17) is 9.94 Å². The molecule has 0 aliphatic rings. The Hall–Kier alpha value is -2.18. The second kappa shape index (κ2) is 5.21. The van der Waals surface area contributed by atoms with Gasteiger partial charge in [0.05, 0.1) is 24.3 Å². The van der Waals surface area contributed by atoms with E-state index in [9.17, 15) is 9.90 Å². The number of nitrogens with one attached hydrogen (secondary N) is 1. The maximum atomic E-state index is 11.3. The van der Waals surface area contributed by atoms with E-state index in [0.29, 0.717) is 22.2 Å². The predicted molar refractivity (Wildman–Crippen MR) is 68.2 cm³/mol. The lowest BCUT2D eigenvalue weighted by Gasteiger charge is -2.12. The number of hydroxylamine groups is 1. The molecular formula is C13H14N2O4. The summed E-state index contributed by atoms with van der Waals surface area (Å²) in [5.74, 6) is -0.0989. The third-order valence-corrected chi connectivity index (χ3v) is 2.85. The van der Waals surface area contributed by atoms with Crippen LogP contribution in [0.3, 0.4) is 0 Å². The molecule has 0 aliphatic heterocycles. The first-order valence-electron chi connectivity index (χ1n) is 5.67. The van der Waals surface area contributed by atoms with Crippen LogP contribution in [0.15, 0.2) is 24.4 Å². The largest absolute Gasteiger partial charge is 0.496 e. The fourth-order valence-corrected chi connectivity index (χ4v) is 1.87. The van der Waals surface area contributed by atoms with Crippen LogP contribution in [0.25, 0.3) is 10.9 Å². The molecule has 6 heteroatoms. The average Bonchev–Trinajstić information content (AvgIpc) is 2.44. The van der Waals surface area contributed by atoms with Crippen molar-refractivity contribution in [3.63, 3.8) is 0 Å². The van der Waals surface area contributed by atoms with E-state index in [2.05, 4.69) is 4.98 Å². The summed E-state index contributed by atoms with van der Waals surface area (Å²) in [5.41, 5.74) is 3.03. The average molecular weight is 262 g/mol. The predicted octanol–water partition coefficient (Wildman–Crippen LogP) is 1.42. The third kappa shape index (κ3) is 2.49. The van der Waals surface area contributed by atoms with Crippen LogP contribution in [0, 0.1) is 0 Å². The summed E-state index contributed by atoms with van der Waals surface area (Å²) in [6, 6.07) is 4.98. The lowest BCUT2D eigenvalue weighted by molar-refractivity contribution is 0.0706. The van der Waals surface area contributed by atoms with Gasteiger partial charge >= 0.3 is 0 Å². The van der Waals surface area contributed by atoms with E-state index in [1.807, 2.05) is 0 Å². The Morgan fingerprint density at radius 1 is 1.42 bits per heavy atom. The molecule has 1 heterocycles. The number of aliphatic hydroxyl groups is 1. The number of hydrogen-bond acceptors (Lipinski definition) is 5. The Kier molecular flexibility index (Phi) is 3.64. The van der Waals surface area contributed by atoms with Crippen LogP contribution in [0.4, 0.5) is 0 Å². The molecule has 0 saturated carbocycles. The van der Waals surface area contributed by atoms with E-state index in [0.717, 1.165) is 0 Å². The van der Waals surface area contributed by atoms with Crippen LogP contribution in [0.2, 0.25) is 0 Å². The highest BCUT2D eigenvalue weighted by atomic mass is 16.5. The molecule has 3 N–H and O–H groups in total. The van der Waals surface area contributed by atoms with Gasteiger partial charge in [-0.25, -0.2) is 5.48 Å². The Bertz CT molecular complexity index is 625. The van der Waals surface area contributed by atoms with Crippen LogP contribution in [0.1, 0.15) is 28.9 Å². The molecule has 2 aromatic rings. The first-order valence-corrected chi connectivity index (χ1v) is 5.67. The van der Waals surface area contributed by atoms with Crippen LogP contribution in [0.5, 0.6) is 5.75 Å². The molecule has 1 atom stereocenters. The SMILES string of the molecule is COc1cc2ncc(C(=O)NO)cc2cc1C(C)O. The summed E-state index contributed by atoms with van der Waals surface area (Å²) in [5, 5.41) is 19.0. The standard InChI is InChI=1S/C13H14N2O4/c1-7(16)10-4-8-3-9(13(17)15-18)6-14-11(8)5-12(10)19-2/h3-7,16,18H,1-2H3,(H,15,17). The summed E-state index contributed by atoms with van der Waals surface area (Å²) in [7, 11) is 1.51. The number of methoxy groups -OCH3 is 1. The molecule has 1 aromatic heterocycles. The van der Waals surface area contributed by atoms with Gasteiger partial charge in [0.15, 0.2) is 0 Å². The molecule has 2 rings (SSSR count). The lowest BCUT2D eigenvalue weighted by atomic mass is 10.0. The maximum Gasteiger partial charge on any atom is 0.276 e. The normalized spacial score (nSPS) is 12.2. The minimum atomic E-state index is -0.699. The van der Waals surface area contributed by atoms with Gasteiger partial charge in [-0.3, -0.25) is 15.0 Å². The van der Waals surface area contributed by atoms with Crippen LogP contribution in [-0.2, 0) is 0 Å². The minimum Gasteiger partial charge on any atom is -0.496 e. The molecule has 1 aromatic carbocycles. The quantitative estimate of drug-likeness (QED) is 0.574. The van der Waals surface area contributed by atoms with Crippen molar-refractivity contribution >= 4 is 16.8 Å². The Balaban J connectivity index is 2.62. The van der Waals surface area contributed by atoms with E-state index < -0.39 is 12.0 Å². The van der Waals surface area contributed by atoms with Crippen molar-refractivity contribution in [1.29, 1.82) is 0 Å². The van der Waals surface area contributed by atoms with Crippen LogP contribution in [-0.4, -0.2) is 28.3 Å². The van der Waals surface area contributed by atoms with Crippen molar-refractivity contribution in [2.45, 2.75) is 13.0 Å². The topological polar surface area (TPSA) is 91.7 Å². The fraction of sp³-hybridized carbons (Fsp3) is 0.231. The van der Waals surface area contributed by atoms with Crippen molar-refractivity contribution in [2.75, 3.05) is 7.11 Å². The molecule has 100 valence electrons. The van der Waals surface area contributed by atoms with Gasteiger partial charge in [0.2, 0.25) is 0 Å². The number of aliphatic hydroxyl groups excluding tert-OH is 1. The van der Waals surface area contributed by atoms with Gasteiger partial charge in [0.25, 0.3) is 5.91 Å². The number of aromatic nitrogens is 1. The van der Waals surface area contributed by atoms with Gasteiger partial charge in [-0.05, 0) is 19.1 Å². The molecule has 0 bridgehead atoms. The number of benzene rings is 1. The van der Waals surface area contributed by atoms with Gasteiger partial charge in [0, 0.05) is 23.2 Å². The van der Waals surface area contributed by atoms with Gasteiger partial charge < -0.3 is 9.84 Å². The zero-order valence-corrected chi connectivity index (χ0v) is 10.5. The summed E-state index contributed by atoms with van der Waals surface area (Å²) in [6.07, 6.45) is 0.657. The number of ether oxygens (including phenoxy) is 1. The molecule has 0 saturated heterocycles. The van der Waals surface area contributed by atoms with Crippen molar-refractivity contribution in [1.82, 2.24) is 10.5 Å². The van der Waals surface area contributed by atoms with Crippen molar-refractivity contribution in [3.8, 4) is 5.75 Å². The number of amides is 1. The number of carbonyl (C=O) groups is 1. The Morgan fingerprint density at radius 2 is 2.16 bits per heavy atom. The van der Waals surface area contributed by atoms with Gasteiger partial charge in [-0.1, -0.05) is 0 Å². The minimum absolute atomic E-state index is 0.233. The van der Waals surface area contributed by atoms with E-state index >= 15 is 0 Å². The lowest BCUT2D eigenvalue weighted by Crippen LogP contribution is -2.18. The zero-order valence-electron chi connectivity index (χ0n) is 10.5. The van der Waals surface area contributed by atoms with Crippen molar-refractivity contribution in [3.05, 3.63) is 35.5 Å². The third-order valence-electron chi connectivity index (χ3n) is 2.85. The Morgan fingerprint density at radius 3 is 2.74 bits per heavy atom. The number of pyridine rings is 1. The van der Waals surface area contributed by atoms with E-state index in [1.165, 1.54) is 13.3 Å². The monoisotopic (exact) mass is 262 g/mol. The van der Waals surface area contributed by atoms with Gasteiger partial charge in [-0.15, -0.1) is 0 Å². The molecular weight excluding hydrogens is 248 g/mol. The summed E-state index contributed by atoms with van der Waals surface area (Å²) >= 11 is 0. The van der Waals surface area contributed by atoms with Crippen LogP contribution < -0.4 is 10.2 Å². The van der Waals surface area contributed by atoms with Crippen molar-refractivity contribution < 1.29 is 19.8 Å². The van der Waals surface area contributed by atoms with Crippen LogP contribution >= 0.6 is 0 Å². The molecule has 1 unspecified atom stereocenters. The number of fused-ring (bicyclic) bond motifs is 1.